The number of H-pyrrole nitrogens is 1. The number of aromatic nitrogens is 3. The fourth-order valence-corrected chi connectivity index (χ4v) is 3.99. The monoisotopic (exact) mass is 357 g/mol. The zero-order valence-corrected chi connectivity index (χ0v) is 15.1. The van der Waals surface area contributed by atoms with E-state index in [0.717, 1.165) is 23.8 Å². The molecule has 0 radical (unpaired) electrons. The Morgan fingerprint density at radius 3 is 2.96 bits per heavy atom. The minimum atomic E-state index is -1.16. The zero-order valence-electron chi connectivity index (χ0n) is 15.1. The number of rotatable bonds is 4. The normalized spacial score (nSPS) is 31.0. The number of fused-ring (bicyclic) bond motifs is 1. The van der Waals surface area contributed by atoms with Gasteiger partial charge in [-0.15, -0.1) is 0 Å². The molecular weight excluding hydrogens is 333 g/mol. The van der Waals surface area contributed by atoms with Crippen LogP contribution in [0.2, 0.25) is 0 Å². The molecule has 6 nitrogen and oxygen atoms in total. The summed E-state index contributed by atoms with van der Waals surface area (Å²) in [5.74, 6) is 0.540. The lowest BCUT2D eigenvalue weighted by atomic mass is 9.99. The van der Waals surface area contributed by atoms with Crippen LogP contribution in [-0.4, -0.2) is 50.1 Å². The van der Waals surface area contributed by atoms with E-state index in [0.29, 0.717) is 24.4 Å². The van der Waals surface area contributed by atoms with Crippen LogP contribution in [0.1, 0.15) is 44.6 Å². The van der Waals surface area contributed by atoms with Crippen molar-refractivity contribution in [3.8, 4) is 0 Å². The van der Waals surface area contributed by atoms with E-state index in [1.54, 1.807) is 6.92 Å². The first-order chi connectivity index (χ1) is 12.4. The van der Waals surface area contributed by atoms with Crippen molar-refractivity contribution in [2.45, 2.75) is 56.8 Å². The molecule has 1 saturated carbocycles. The molecular formula is C19H24FN5O. The van der Waals surface area contributed by atoms with Crippen molar-refractivity contribution in [1.29, 1.82) is 0 Å². The van der Waals surface area contributed by atoms with Gasteiger partial charge in [0.25, 0.3) is 0 Å². The molecule has 138 valence electrons. The van der Waals surface area contributed by atoms with E-state index in [-0.39, 0.29) is 23.9 Å². The molecule has 2 fully saturated rings. The molecule has 1 aliphatic carbocycles. The van der Waals surface area contributed by atoms with Crippen LogP contribution >= 0.6 is 0 Å². The number of nitrogens with one attached hydrogen (secondary N) is 2. The molecule has 0 spiro atoms. The van der Waals surface area contributed by atoms with E-state index in [1.165, 1.54) is 12.4 Å². The van der Waals surface area contributed by atoms with Gasteiger partial charge in [0.15, 0.2) is 0 Å². The Hall–Kier alpha value is -2.44. The van der Waals surface area contributed by atoms with E-state index in [9.17, 15) is 9.18 Å². The van der Waals surface area contributed by atoms with Gasteiger partial charge in [-0.25, -0.2) is 14.4 Å². The molecule has 1 saturated heterocycles. The molecule has 0 aromatic carbocycles. The van der Waals surface area contributed by atoms with Gasteiger partial charge in [-0.2, -0.15) is 0 Å². The highest BCUT2D eigenvalue weighted by Crippen LogP contribution is 2.56. The van der Waals surface area contributed by atoms with Crippen molar-refractivity contribution in [1.82, 2.24) is 19.9 Å². The summed E-state index contributed by atoms with van der Waals surface area (Å²) in [5, 5.41) is 4.33. The number of hydrogen-bond donors (Lipinski definition) is 2. The van der Waals surface area contributed by atoms with Crippen LogP contribution in [0.25, 0.3) is 11.0 Å². The SMILES string of the molecule is C=CC(=O)N1C[C@H](Nc2ncnc3[nH]cc(C4CC4(C)F)c23)CC[C@@H]1C. The van der Waals surface area contributed by atoms with Crippen LogP contribution in [0.5, 0.6) is 0 Å². The quantitative estimate of drug-likeness (QED) is 0.825. The van der Waals surface area contributed by atoms with Crippen molar-refractivity contribution >= 4 is 22.8 Å². The van der Waals surface area contributed by atoms with Crippen molar-refractivity contribution in [3.63, 3.8) is 0 Å². The number of alkyl halides is 1. The average Bonchev–Trinajstić information content (AvgIpc) is 3.05. The molecule has 26 heavy (non-hydrogen) atoms. The Morgan fingerprint density at radius 1 is 1.50 bits per heavy atom. The summed E-state index contributed by atoms with van der Waals surface area (Å²) in [6.45, 7) is 7.88. The lowest BCUT2D eigenvalue weighted by Crippen LogP contribution is -2.49. The second-order valence-electron chi connectivity index (χ2n) is 7.69. The number of carbonyl (C=O) groups is 1. The average molecular weight is 357 g/mol. The lowest BCUT2D eigenvalue weighted by Gasteiger charge is -2.38. The number of aromatic amines is 1. The predicted octanol–water partition coefficient (Wildman–Crippen LogP) is 3.15. The van der Waals surface area contributed by atoms with Crippen molar-refractivity contribution < 1.29 is 9.18 Å². The van der Waals surface area contributed by atoms with Gasteiger partial charge < -0.3 is 15.2 Å². The topological polar surface area (TPSA) is 73.9 Å². The third-order valence-electron chi connectivity index (χ3n) is 5.73. The highest BCUT2D eigenvalue weighted by molar-refractivity contribution is 5.91. The molecule has 2 aromatic heterocycles. The van der Waals surface area contributed by atoms with Crippen LogP contribution < -0.4 is 5.32 Å². The van der Waals surface area contributed by atoms with Gasteiger partial charge in [0, 0.05) is 30.7 Å². The van der Waals surface area contributed by atoms with Gasteiger partial charge in [-0.3, -0.25) is 4.79 Å². The number of nitrogens with zero attached hydrogens (tertiary/aromatic N) is 3. The number of halogens is 1. The fraction of sp³-hybridized carbons (Fsp3) is 0.526. The number of hydrogen-bond acceptors (Lipinski definition) is 4. The molecule has 2 aliphatic rings. The van der Waals surface area contributed by atoms with E-state index < -0.39 is 5.67 Å². The van der Waals surface area contributed by atoms with Crippen LogP contribution in [0.15, 0.2) is 25.2 Å². The maximum absolute atomic E-state index is 14.2. The largest absolute Gasteiger partial charge is 0.365 e. The first-order valence-corrected chi connectivity index (χ1v) is 9.11. The van der Waals surface area contributed by atoms with Crippen LogP contribution in [0.3, 0.4) is 0 Å². The Morgan fingerprint density at radius 2 is 2.27 bits per heavy atom. The zero-order chi connectivity index (χ0) is 18.5. The van der Waals surface area contributed by atoms with E-state index in [2.05, 4.69) is 33.8 Å². The summed E-state index contributed by atoms with van der Waals surface area (Å²) in [6.07, 6.45) is 7.09. The summed E-state index contributed by atoms with van der Waals surface area (Å²) in [4.78, 5) is 25.7. The van der Waals surface area contributed by atoms with Crippen LogP contribution in [-0.2, 0) is 4.79 Å². The molecule has 7 heteroatoms. The Balaban J connectivity index is 1.60. The van der Waals surface area contributed by atoms with Gasteiger partial charge in [0.05, 0.1) is 5.39 Å². The van der Waals surface area contributed by atoms with Gasteiger partial charge in [-0.05, 0) is 44.7 Å². The first kappa shape index (κ1) is 17.0. The third-order valence-corrected chi connectivity index (χ3v) is 5.73. The minimum absolute atomic E-state index is 0.0506. The highest BCUT2D eigenvalue weighted by Gasteiger charge is 2.53. The van der Waals surface area contributed by atoms with Gasteiger partial charge >= 0.3 is 0 Å². The summed E-state index contributed by atoms with van der Waals surface area (Å²) in [5.41, 5.74) is 0.482. The first-order valence-electron chi connectivity index (χ1n) is 9.11. The molecule has 2 aromatic rings. The van der Waals surface area contributed by atoms with Crippen LogP contribution in [0.4, 0.5) is 10.2 Å². The maximum Gasteiger partial charge on any atom is 0.246 e. The van der Waals surface area contributed by atoms with Crippen LogP contribution in [0, 0.1) is 0 Å². The summed E-state index contributed by atoms with van der Waals surface area (Å²) in [7, 11) is 0. The summed E-state index contributed by atoms with van der Waals surface area (Å²) in [6, 6.07) is 0.289. The highest BCUT2D eigenvalue weighted by atomic mass is 19.1. The summed E-state index contributed by atoms with van der Waals surface area (Å²) < 4.78 is 14.2. The molecule has 0 bridgehead atoms. The number of carbonyl (C=O) groups excluding carboxylic acids is 1. The molecule has 4 rings (SSSR count). The Bertz CT molecular complexity index is 861. The predicted molar refractivity (Wildman–Crippen MR) is 98.8 cm³/mol. The summed E-state index contributed by atoms with van der Waals surface area (Å²) >= 11 is 0. The van der Waals surface area contributed by atoms with E-state index >= 15 is 0 Å². The van der Waals surface area contributed by atoms with E-state index in [1.807, 2.05) is 11.1 Å². The lowest BCUT2D eigenvalue weighted by molar-refractivity contribution is -0.129. The molecule has 1 amide bonds. The van der Waals surface area contributed by atoms with Crippen molar-refractivity contribution in [2.24, 2.45) is 0 Å². The fourth-order valence-electron chi connectivity index (χ4n) is 3.99. The second kappa shape index (κ2) is 6.07. The molecule has 2 N–H and O–H groups in total. The number of amides is 1. The van der Waals surface area contributed by atoms with Gasteiger partial charge in [0.2, 0.25) is 5.91 Å². The minimum Gasteiger partial charge on any atom is -0.365 e. The van der Waals surface area contributed by atoms with E-state index in [4.69, 9.17) is 0 Å². The molecule has 2 unspecified atom stereocenters. The molecule has 3 heterocycles. The maximum atomic E-state index is 14.2. The number of likely N-dealkylation sites (tertiary alicyclic amines) is 1. The molecule has 1 aliphatic heterocycles. The van der Waals surface area contributed by atoms with Gasteiger partial charge in [0.1, 0.15) is 23.5 Å². The van der Waals surface area contributed by atoms with Crippen molar-refractivity contribution in [3.05, 3.63) is 30.7 Å². The second-order valence-corrected chi connectivity index (χ2v) is 7.69. The van der Waals surface area contributed by atoms with Gasteiger partial charge in [-0.1, -0.05) is 6.58 Å². The number of piperidine rings is 1. The third kappa shape index (κ3) is 2.85. The standard InChI is InChI=1S/C19H24FN5O/c1-4-15(26)25-9-12(6-5-11(25)2)24-18-16-13(14-7-19(14,3)20)8-21-17(16)22-10-23-18/h4,8,10-12,14H,1,5-7,9H2,2-3H3,(H2,21,22,23,24)/t11-,12+,14?,19?/m0/s1. The Labute approximate surface area is 151 Å². The Kier molecular flexibility index (Phi) is 3.97. The van der Waals surface area contributed by atoms with Crippen molar-refractivity contribution in [2.75, 3.05) is 11.9 Å². The number of anilines is 1. The molecule has 4 atom stereocenters. The smallest absolute Gasteiger partial charge is 0.246 e.